The normalized spacial score (nSPS) is 12.0. The maximum Gasteiger partial charge on any atom is 0.343 e. The van der Waals surface area contributed by atoms with Gasteiger partial charge in [0.25, 0.3) is 5.91 Å². The standard InChI is InChI=1S/C33H42FN2O4P/c1-36(2,3)30(23-25-13-9-8-10-14-25)32(37)35-21-11-6-4-5-7-12-22-39-27-16-18-28(19-17-27)40-33(38)26-15-20-29(34)31(41)24-26/h8-10,13-20,24,30H,4-7,11-12,21-23,41H2,1-3H3/p+1. The fraction of sp³-hybridized carbons (Fsp3) is 0.394. The number of ether oxygens (including phenoxy) is 2. The second-order valence-electron chi connectivity index (χ2n) is 11.2. The first-order valence-corrected chi connectivity index (χ1v) is 14.8. The van der Waals surface area contributed by atoms with Gasteiger partial charge in [0.05, 0.1) is 33.3 Å². The SMILES string of the molecule is C[N+](C)(C)C(Cc1ccccc1)C(=O)NCCCCCCCCOc1ccc(OC(=O)c2ccc(F)c(P)c2)cc1. The summed E-state index contributed by atoms with van der Waals surface area (Å²) in [7, 11) is 8.47. The Morgan fingerprint density at radius 2 is 1.49 bits per heavy atom. The first kappa shape index (κ1) is 32.2. The molecule has 0 aliphatic heterocycles. The van der Waals surface area contributed by atoms with Crippen molar-refractivity contribution < 1.29 is 27.9 Å². The highest BCUT2D eigenvalue weighted by Gasteiger charge is 2.31. The maximum absolute atomic E-state index is 13.4. The van der Waals surface area contributed by atoms with E-state index in [-0.39, 0.29) is 17.5 Å². The lowest BCUT2D eigenvalue weighted by Crippen LogP contribution is -2.55. The number of esters is 1. The number of hydrogen-bond acceptors (Lipinski definition) is 4. The van der Waals surface area contributed by atoms with Gasteiger partial charge in [-0.05, 0) is 60.9 Å². The predicted octanol–water partition coefficient (Wildman–Crippen LogP) is 5.70. The predicted molar refractivity (Wildman–Crippen MR) is 165 cm³/mol. The Morgan fingerprint density at radius 1 is 0.854 bits per heavy atom. The van der Waals surface area contributed by atoms with Crippen molar-refractivity contribution >= 4 is 26.4 Å². The van der Waals surface area contributed by atoms with E-state index in [0.29, 0.717) is 34.4 Å². The Kier molecular flexibility index (Phi) is 12.8. The number of likely N-dealkylation sites (N-methyl/N-ethyl adjacent to an activating group) is 1. The molecule has 0 saturated carbocycles. The monoisotopic (exact) mass is 581 g/mol. The minimum absolute atomic E-state index is 0.117. The van der Waals surface area contributed by atoms with Crippen molar-refractivity contribution in [2.75, 3.05) is 34.3 Å². The van der Waals surface area contributed by atoms with Gasteiger partial charge >= 0.3 is 5.97 Å². The largest absolute Gasteiger partial charge is 0.494 e. The number of nitrogens with one attached hydrogen (secondary N) is 1. The second kappa shape index (κ2) is 16.2. The zero-order chi connectivity index (χ0) is 29.7. The fourth-order valence-corrected chi connectivity index (χ4v) is 4.73. The lowest BCUT2D eigenvalue weighted by Gasteiger charge is -2.33. The van der Waals surface area contributed by atoms with Crippen LogP contribution in [0.15, 0.2) is 72.8 Å². The van der Waals surface area contributed by atoms with Crippen molar-refractivity contribution in [2.24, 2.45) is 0 Å². The molecule has 0 fully saturated rings. The number of carbonyl (C=O) groups is 2. The minimum Gasteiger partial charge on any atom is -0.494 e. The Morgan fingerprint density at radius 3 is 2.15 bits per heavy atom. The minimum atomic E-state index is -0.541. The van der Waals surface area contributed by atoms with Gasteiger partial charge < -0.3 is 19.3 Å². The number of benzene rings is 3. The molecule has 3 rings (SSSR count). The molecule has 41 heavy (non-hydrogen) atoms. The number of carbonyl (C=O) groups excluding carboxylic acids is 2. The molecular weight excluding hydrogens is 538 g/mol. The Labute approximate surface area is 246 Å². The molecule has 2 unspecified atom stereocenters. The zero-order valence-corrected chi connectivity index (χ0v) is 25.6. The summed E-state index contributed by atoms with van der Waals surface area (Å²) in [4.78, 5) is 25.2. The van der Waals surface area contributed by atoms with E-state index in [0.717, 1.165) is 44.9 Å². The summed E-state index contributed by atoms with van der Waals surface area (Å²) in [6.45, 7) is 1.33. The molecule has 1 amide bonds. The van der Waals surface area contributed by atoms with Crippen molar-refractivity contribution in [3.8, 4) is 11.5 Å². The van der Waals surface area contributed by atoms with Gasteiger partial charge in [0, 0.05) is 18.3 Å². The number of hydrogen-bond donors (Lipinski definition) is 1. The molecule has 220 valence electrons. The smallest absolute Gasteiger partial charge is 0.343 e. The molecule has 0 saturated heterocycles. The number of unbranched alkanes of at least 4 members (excludes halogenated alkanes) is 5. The summed E-state index contributed by atoms with van der Waals surface area (Å²) in [6, 6.07) is 21.1. The van der Waals surface area contributed by atoms with Gasteiger partial charge in [0.15, 0.2) is 6.04 Å². The average Bonchev–Trinajstić information content (AvgIpc) is 2.94. The molecule has 6 nitrogen and oxygen atoms in total. The van der Waals surface area contributed by atoms with Crippen molar-refractivity contribution in [2.45, 2.75) is 51.0 Å². The first-order valence-electron chi connectivity index (χ1n) is 14.3. The number of nitrogens with zero attached hydrogens (tertiary/aromatic N) is 1. The van der Waals surface area contributed by atoms with E-state index >= 15 is 0 Å². The van der Waals surface area contributed by atoms with Gasteiger partial charge in [-0.3, -0.25) is 4.79 Å². The summed E-state index contributed by atoms with van der Waals surface area (Å²) < 4.78 is 25.2. The lowest BCUT2D eigenvalue weighted by molar-refractivity contribution is -0.886. The number of amides is 1. The summed E-state index contributed by atoms with van der Waals surface area (Å²) in [5, 5.41) is 3.46. The van der Waals surface area contributed by atoms with Crippen LogP contribution in [0.1, 0.15) is 54.4 Å². The molecule has 0 aliphatic carbocycles. The van der Waals surface area contributed by atoms with Crippen LogP contribution < -0.4 is 20.1 Å². The van der Waals surface area contributed by atoms with Gasteiger partial charge in [-0.15, -0.1) is 9.24 Å². The van der Waals surface area contributed by atoms with E-state index in [2.05, 4.69) is 47.8 Å². The second-order valence-corrected chi connectivity index (χ2v) is 11.8. The van der Waals surface area contributed by atoms with Gasteiger partial charge in [-0.25, -0.2) is 9.18 Å². The molecule has 3 aromatic rings. The summed E-state index contributed by atoms with van der Waals surface area (Å²) >= 11 is 0. The third kappa shape index (κ3) is 11.3. The Bertz CT molecular complexity index is 1250. The van der Waals surface area contributed by atoms with Crippen LogP contribution in [0.4, 0.5) is 4.39 Å². The lowest BCUT2D eigenvalue weighted by atomic mass is 10.0. The third-order valence-electron chi connectivity index (χ3n) is 6.91. The van der Waals surface area contributed by atoms with Crippen LogP contribution in [-0.4, -0.2) is 56.7 Å². The molecule has 0 aromatic heterocycles. The Hall–Kier alpha value is -3.28. The molecule has 0 spiro atoms. The summed E-state index contributed by atoms with van der Waals surface area (Å²) in [6.07, 6.45) is 7.10. The van der Waals surface area contributed by atoms with E-state index in [1.54, 1.807) is 24.3 Å². The van der Waals surface area contributed by atoms with E-state index in [1.807, 2.05) is 18.2 Å². The highest BCUT2D eigenvalue weighted by atomic mass is 31.0. The maximum atomic E-state index is 13.4. The highest BCUT2D eigenvalue weighted by Crippen LogP contribution is 2.20. The first-order chi connectivity index (χ1) is 19.6. The Balaban J connectivity index is 1.24. The molecule has 3 aromatic carbocycles. The van der Waals surface area contributed by atoms with Gasteiger partial charge in [0.2, 0.25) is 0 Å². The van der Waals surface area contributed by atoms with E-state index < -0.39 is 11.8 Å². The van der Waals surface area contributed by atoms with Crippen molar-refractivity contribution in [3.05, 3.63) is 89.7 Å². The summed E-state index contributed by atoms with van der Waals surface area (Å²) in [5.74, 6) is 0.303. The van der Waals surface area contributed by atoms with Crippen LogP contribution in [0.25, 0.3) is 0 Å². The van der Waals surface area contributed by atoms with E-state index in [4.69, 9.17) is 9.47 Å². The molecular formula is C33H43FN2O4P+. The quantitative estimate of drug-likeness (QED) is 0.0776. The zero-order valence-electron chi connectivity index (χ0n) is 24.4. The molecule has 1 N–H and O–H groups in total. The van der Waals surface area contributed by atoms with Crippen LogP contribution in [0.5, 0.6) is 11.5 Å². The van der Waals surface area contributed by atoms with Crippen LogP contribution in [0.3, 0.4) is 0 Å². The topological polar surface area (TPSA) is 64.6 Å². The molecule has 8 heteroatoms. The number of halogens is 1. The van der Waals surface area contributed by atoms with Crippen molar-refractivity contribution in [1.29, 1.82) is 0 Å². The van der Waals surface area contributed by atoms with Crippen LogP contribution in [0, 0.1) is 5.82 Å². The van der Waals surface area contributed by atoms with Crippen molar-refractivity contribution in [3.63, 3.8) is 0 Å². The van der Waals surface area contributed by atoms with Crippen molar-refractivity contribution in [1.82, 2.24) is 5.32 Å². The van der Waals surface area contributed by atoms with Gasteiger partial charge in [-0.1, -0.05) is 56.0 Å². The number of rotatable bonds is 16. The average molecular weight is 582 g/mol. The van der Waals surface area contributed by atoms with Gasteiger partial charge in [0.1, 0.15) is 17.3 Å². The highest BCUT2D eigenvalue weighted by molar-refractivity contribution is 7.27. The van der Waals surface area contributed by atoms with Crippen LogP contribution in [0.2, 0.25) is 0 Å². The van der Waals surface area contributed by atoms with E-state index in [1.165, 1.54) is 23.8 Å². The molecule has 0 aliphatic rings. The molecule has 0 heterocycles. The third-order valence-corrected chi connectivity index (χ3v) is 7.36. The van der Waals surface area contributed by atoms with Crippen LogP contribution in [-0.2, 0) is 11.2 Å². The molecule has 2 atom stereocenters. The van der Waals surface area contributed by atoms with Crippen LogP contribution >= 0.6 is 9.24 Å². The number of quaternary nitrogens is 1. The van der Waals surface area contributed by atoms with E-state index in [9.17, 15) is 14.0 Å². The molecule has 0 radical (unpaired) electrons. The molecule has 0 bridgehead atoms. The summed E-state index contributed by atoms with van der Waals surface area (Å²) in [5.41, 5.74) is 1.47. The fourth-order valence-electron chi connectivity index (χ4n) is 4.45. The van der Waals surface area contributed by atoms with Gasteiger partial charge in [-0.2, -0.15) is 0 Å².